The van der Waals surface area contributed by atoms with Gasteiger partial charge in [0.25, 0.3) is 0 Å². The summed E-state index contributed by atoms with van der Waals surface area (Å²) in [5.74, 6) is 0.931. The smallest absolute Gasteiger partial charge is 0.121 e. The Hall–Kier alpha value is -1.11. The third-order valence-electron chi connectivity index (χ3n) is 6.45. The zero-order valence-corrected chi connectivity index (χ0v) is 20.1. The number of anilines is 2. The highest BCUT2D eigenvalue weighted by Crippen LogP contribution is 2.49. The van der Waals surface area contributed by atoms with E-state index in [1.54, 1.807) is 7.11 Å². The molecule has 2 unspecified atom stereocenters. The summed E-state index contributed by atoms with van der Waals surface area (Å²) in [5, 5.41) is 0. The fraction of sp³-hybridized carbons (Fsp3) is 0.478. The minimum atomic E-state index is 0. The van der Waals surface area contributed by atoms with Gasteiger partial charge in [-0.25, -0.2) is 0 Å². The molecule has 4 nitrogen and oxygen atoms in total. The van der Waals surface area contributed by atoms with Crippen molar-refractivity contribution in [2.45, 2.75) is 41.1 Å². The maximum Gasteiger partial charge on any atom is 0.121 e. The lowest BCUT2D eigenvalue weighted by molar-refractivity contribution is 0.0821. The molecular formula is C23H31Cl2N3OS. The highest BCUT2D eigenvalue weighted by molar-refractivity contribution is 7.99. The molecule has 3 aliphatic rings. The molecule has 0 amide bonds. The first kappa shape index (κ1) is 23.6. The van der Waals surface area contributed by atoms with Crippen LogP contribution in [0.1, 0.15) is 19.3 Å². The Bertz CT molecular complexity index is 854. The molecule has 3 aliphatic heterocycles. The summed E-state index contributed by atoms with van der Waals surface area (Å²) in [7, 11) is 4.02. The van der Waals surface area contributed by atoms with Crippen LogP contribution >= 0.6 is 36.6 Å². The number of likely N-dealkylation sites (N-methyl/N-ethyl adjacent to an activating group) is 1. The second-order valence-electron chi connectivity index (χ2n) is 8.25. The molecule has 30 heavy (non-hydrogen) atoms. The summed E-state index contributed by atoms with van der Waals surface area (Å²) in [4.78, 5) is 10.5. The predicted octanol–water partition coefficient (Wildman–Crippen LogP) is 5.31. The standard InChI is InChI=1S/C23H29N3OS.2ClH/c1-24-15-17-8-9-18(16-24)25(17)12-5-13-26-20-6-3-4-7-22(20)28-23-11-10-19(27-2)14-21(23)26;;/h3-4,6-7,10-11,14,17-18H,5,8-9,12-13,15-16H2,1-2H3;2*1H. The molecule has 2 saturated heterocycles. The number of ether oxygens (including phenoxy) is 1. The first-order valence-electron chi connectivity index (χ1n) is 10.4. The van der Waals surface area contributed by atoms with Gasteiger partial charge in [0.2, 0.25) is 0 Å². The molecule has 164 valence electrons. The third-order valence-corrected chi connectivity index (χ3v) is 7.58. The molecule has 7 heteroatoms. The molecule has 0 radical (unpaired) electrons. The zero-order chi connectivity index (χ0) is 19.1. The number of benzene rings is 2. The van der Waals surface area contributed by atoms with Crippen LogP contribution in [0.25, 0.3) is 0 Å². The number of fused-ring (bicyclic) bond motifs is 4. The van der Waals surface area contributed by atoms with Crippen LogP contribution in [0.3, 0.4) is 0 Å². The van der Waals surface area contributed by atoms with Gasteiger partial charge >= 0.3 is 0 Å². The van der Waals surface area contributed by atoms with E-state index in [1.165, 1.54) is 60.1 Å². The number of nitrogens with zero attached hydrogens (tertiary/aromatic N) is 3. The fourth-order valence-corrected chi connectivity index (χ4v) is 6.23. The van der Waals surface area contributed by atoms with Gasteiger partial charge in [-0.15, -0.1) is 24.8 Å². The molecule has 3 heterocycles. The SMILES string of the molecule is COc1ccc2c(c1)N(CCCN1C3CCC1CN(C)C3)c1ccccc1S2.Cl.Cl. The van der Waals surface area contributed by atoms with Crippen LogP contribution in [0.2, 0.25) is 0 Å². The summed E-state index contributed by atoms with van der Waals surface area (Å²) in [6.07, 6.45) is 3.93. The molecule has 2 aromatic carbocycles. The van der Waals surface area contributed by atoms with Crippen molar-refractivity contribution in [3.63, 3.8) is 0 Å². The fourth-order valence-electron chi connectivity index (χ4n) is 5.15. The monoisotopic (exact) mass is 467 g/mol. The van der Waals surface area contributed by atoms with Crippen molar-refractivity contribution in [1.29, 1.82) is 0 Å². The van der Waals surface area contributed by atoms with Crippen LogP contribution in [-0.4, -0.2) is 62.2 Å². The minimum absolute atomic E-state index is 0. The molecule has 0 saturated carbocycles. The molecule has 5 rings (SSSR count). The van der Waals surface area contributed by atoms with Gasteiger partial charge in [-0.3, -0.25) is 4.90 Å². The number of hydrogen-bond acceptors (Lipinski definition) is 5. The van der Waals surface area contributed by atoms with E-state index in [4.69, 9.17) is 4.74 Å². The molecule has 0 spiro atoms. The van der Waals surface area contributed by atoms with E-state index < -0.39 is 0 Å². The number of halogens is 2. The first-order valence-corrected chi connectivity index (χ1v) is 11.2. The van der Waals surface area contributed by atoms with Crippen LogP contribution in [0.15, 0.2) is 52.3 Å². The largest absolute Gasteiger partial charge is 0.497 e. The van der Waals surface area contributed by atoms with E-state index in [9.17, 15) is 0 Å². The summed E-state index contributed by atoms with van der Waals surface area (Å²) in [5.41, 5.74) is 2.61. The van der Waals surface area contributed by atoms with Crippen molar-refractivity contribution < 1.29 is 4.74 Å². The Labute approximate surface area is 196 Å². The molecule has 0 N–H and O–H groups in total. The van der Waals surface area contributed by atoms with E-state index in [0.717, 1.165) is 24.4 Å². The topological polar surface area (TPSA) is 19.0 Å². The average molecular weight is 468 g/mol. The molecule has 0 aliphatic carbocycles. The lowest BCUT2D eigenvalue weighted by atomic mass is 10.1. The molecule has 2 bridgehead atoms. The van der Waals surface area contributed by atoms with Crippen molar-refractivity contribution in [2.24, 2.45) is 0 Å². The lowest BCUT2D eigenvalue weighted by Crippen LogP contribution is -2.52. The minimum Gasteiger partial charge on any atom is -0.497 e. The van der Waals surface area contributed by atoms with Crippen LogP contribution in [0.4, 0.5) is 11.4 Å². The number of likely N-dealkylation sites (tertiary alicyclic amines) is 1. The van der Waals surface area contributed by atoms with Crippen molar-refractivity contribution in [3.05, 3.63) is 42.5 Å². The maximum absolute atomic E-state index is 5.51. The lowest BCUT2D eigenvalue weighted by Gasteiger charge is -2.40. The van der Waals surface area contributed by atoms with Gasteiger partial charge in [-0.1, -0.05) is 23.9 Å². The number of piperazine rings is 1. The molecular weight excluding hydrogens is 437 g/mol. The van der Waals surface area contributed by atoms with E-state index in [0.29, 0.717) is 0 Å². The summed E-state index contributed by atoms with van der Waals surface area (Å²) < 4.78 is 5.51. The molecule has 0 aromatic heterocycles. The zero-order valence-electron chi connectivity index (χ0n) is 17.6. The van der Waals surface area contributed by atoms with E-state index in [-0.39, 0.29) is 24.8 Å². The summed E-state index contributed by atoms with van der Waals surface area (Å²) in [6.45, 7) is 4.72. The first-order chi connectivity index (χ1) is 13.7. The maximum atomic E-state index is 5.51. The van der Waals surface area contributed by atoms with E-state index in [1.807, 2.05) is 11.8 Å². The highest BCUT2D eigenvalue weighted by atomic mass is 35.5. The van der Waals surface area contributed by atoms with Crippen molar-refractivity contribution in [3.8, 4) is 5.75 Å². The van der Waals surface area contributed by atoms with Gasteiger partial charge in [0.1, 0.15) is 5.75 Å². The Balaban J connectivity index is 0.00000128. The Morgan fingerprint density at radius 3 is 2.37 bits per heavy atom. The van der Waals surface area contributed by atoms with E-state index in [2.05, 4.69) is 64.2 Å². The van der Waals surface area contributed by atoms with Crippen LogP contribution in [0.5, 0.6) is 5.75 Å². The predicted molar refractivity (Wildman–Crippen MR) is 131 cm³/mol. The van der Waals surface area contributed by atoms with Gasteiger partial charge in [-0.2, -0.15) is 0 Å². The van der Waals surface area contributed by atoms with Gasteiger partial charge in [0.05, 0.1) is 18.5 Å². The van der Waals surface area contributed by atoms with Crippen LogP contribution in [-0.2, 0) is 0 Å². The van der Waals surface area contributed by atoms with Crippen molar-refractivity contribution in [2.75, 3.05) is 45.2 Å². The van der Waals surface area contributed by atoms with Gasteiger partial charge < -0.3 is 14.5 Å². The number of methoxy groups -OCH3 is 1. The van der Waals surface area contributed by atoms with Crippen LogP contribution < -0.4 is 9.64 Å². The highest BCUT2D eigenvalue weighted by Gasteiger charge is 2.38. The molecule has 2 fully saturated rings. The molecule has 2 atom stereocenters. The molecule has 2 aromatic rings. The Kier molecular flexibility index (Phi) is 7.86. The van der Waals surface area contributed by atoms with Gasteiger partial charge in [-0.05, 0) is 50.6 Å². The second kappa shape index (κ2) is 10.0. The quantitative estimate of drug-likeness (QED) is 0.591. The number of rotatable bonds is 5. The third kappa shape index (κ3) is 4.42. The van der Waals surface area contributed by atoms with Crippen molar-refractivity contribution >= 4 is 48.0 Å². The van der Waals surface area contributed by atoms with Gasteiger partial charge in [0, 0.05) is 54.1 Å². The van der Waals surface area contributed by atoms with Crippen molar-refractivity contribution in [1.82, 2.24) is 9.80 Å². The van der Waals surface area contributed by atoms with Crippen LogP contribution in [0, 0.1) is 0 Å². The summed E-state index contributed by atoms with van der Waals surface area (Å²) >= 11 is 1.86. The summed E-state index contributed by atoms with van der Waals surface area (Å²) in [6, 6.07) is 16.8. The Morgan fingerprint density at radius 1 is 0.933 bits per heavy atom. The Morgan fingerprint density at radius 2 is 1.63 bits per heavy atom. The van der Waals surface area contributed by atoms with Gasteiger partial charge in [0.15, 0.2) is 0 Å². The average Bonchev–Trinajstić information content (AvgIpc) is 2.96. The number of para-hydroxylation sites is 1. The second-order valence-corrected chi connectivity index (χ2v) is 9.34. The normalized spacial score (nSPS) is 22.5. The van der Waals surface area contributed by atoms with E-state index >= 15 is 0 Å². The number of hydrogen-bond donors (Lipinski definition) is 0.